The van der Waals surface area contributed by atoms with E-state index in [1.54, 1.807) is 0 Å². The average molecular weight is 370 g/mol. The Bertz CT molecular complexity index is 768. The van der Waals surface area contributed by atoms with Crippen molar-refractivity contribution in [3.05, 3.63) is 70.2 Å². The Balaban J connectivity index is 1.69. The van der Waals surface area contributed by atoms with Gasteiger partial charge in [0.15, 0.2) is 0 Å². The zero-order valence-corrected chi connectivity index (χ0v) is 15.8. The van der Waals surface area contributed by atoms with E-state index < -0.39 is 0 Å². The molecule has 1 amide bonds. The Morgan fingerprint density at radius 2 is 1.73 bits per heavy atom. The lowest BCUT2D eigenvalue weighted by molar-refractivity contribution is -0.125. The first-order valence-electron chi connectivity index (χ1n) is 9.17. The third kappa shape index (κ3) is 4.73. The number of amides is 1. The molecule has 4 heteroatoms. The standard InChI is InChI=1S/C22H24ClNO2/c1-2-15-3-7-17(8-4-15)21-13-22(26)24-14-18(21)12-20(25)11-16-5-9-19(23)10-6-16/h3-10,18,21H,2,11-14H2,1H3,(H,24,26)/t18-,21?/m1/s1. The zero-order valence-electron chi connectivity index (χ0n) is 15.0. The first kappa shape index (κ1) is 18.7. The molecule has 1 heterocycles. The van der Waals surface area contributed by atoms with Gasteiger partial charge in [-0.05, 0) is 47.1 Å². The Morgan fingerprint density at radius 3 is 2.38 bits per heavy atom. The van der Waals surface area contributed by atoms with Crippen molar-refractivity contribution in [2.24, 2.45) is 5.92 Å². The molecule has 3 rings (SSSR count). The molecule has 1 aliphatic rings. The van der Waals surface area contributed by atoms with Crippen LogP contribution in [0, 0.1) is 5.92 Å². The van der Waals surface area contributed by atoms with Crippen LogP contribution in [0.15, 0.2) is 48.5 Å². The normalized spacial score (nSPS) is 19.8. The number of carbonyl (C=O) groups excluding carboxylic acids is 2. The van der Waals surface area contributed by atoms with E-state index in [-0.39, 0.29) is 23.5 Å². The first-order valence-corrected chi connectivity index (χ1v) is 9.54. The van der Waals surface area contributed by atoms with Crippen molar-refractivity contribution in [1.82, 2.24) is 5.32 Å². The van der Waals surface area contributed by atoms with Gasteiger partial charge >= 0.3 is 0 Å². The second kappa shape index (κ2) is 8.50. The lowest BCUT2D eigenvalue weighted by Crippen LogP contribution is -2.40. The first-order chi connectivity index (χ1) is 12.5. The molecule has 0 spiro atoms. The molecule has 26 heavy (non-hydrogen) atoms. The molecule has 1 saturated heterocycles. The summed E-state index contributed by atoms with van der Waals surface area (Å²) in [6, 6.07) is 15.9. The molecular weight excluding hydrogens is 346 g/mol. The number of piperidine rings is 1. The number of benzene rings is 2. The number of Topliss-reactive ketones (excluding diaryl/α,β-unsaturated/α-hetero) is 1. The summed E-state index contributed by atoms with van der Waals surface area (Å²) >= 11 is 5.90. The number of aryl methyl sites for hydroxylation is 1. The van der Waals surface area contributed by atoms with Crippen LogP contribution >= 0.6 is 11.6 Å². The number of hydrogen-bond donors (Lipinski definition) is 1. The van der Waals surface area contributed by atoms with Crippen molar-refractivity contribution in [1.29, 1.82) is 0 Å². The molecule has 136 valence electrons. The maximum Gasteiger partial charge on any atom is 0.220 e. The van der Waals surface area contributed by atoms with Gasteiger partial charge in [-0.25, -0.2) is 0 Å². The summed E-state index contributed by atoms with van der Waals surface area (Å²) in [5.41, 5.74) is 3.41. The molecule has 0 aliphatic carbocycles. The summed E-state index contributed by atoms with van der Waals surface area (Å²) in [7, 11) is 0. The van der Waals surface area contributed by atoms with Crippen molar-refractivity contribution in [3.8, 4) is 0 Å². The van der Waals surface area contributed by atoms with Gasteiger partial charge in [-0.1, -0.05) is 54.9 Å². The number of nitrogens with one attached hydrogen (secondary N) is 1. The van der Waals surface area contributed by atoms with Crippen LogP contribution in [-0.2, 0) is 22.4 Å². The summed E-state index contributed by atoms with van der Waals surface area (Å²) in [5.74, 6) is 0.503. The zero-order chi connectivity index (χ0) is 18.5. The molecule has 2 atom stereocenters. The fourth-order valence-electron chi connectivity index (χ4n) is 3.63. The Labute approximate surface area is 159 Å². The minimum atomic E-state index is 0.0657. The van der Waals surface area contributed by atoms with E-state index in [9.17, 15) is 9.59 Å². The van der Waals surface area contributed by atoms with Crippen LogP contribution in [0.1, 0.15) is 42.4 Å². The molecule has 0 bridgehead atoms. The quantitative estimate of drug-likeness (QED) is 0.824. The van der Waals surface area contributed by atoms with E-state index in [1.165, 1.54) is 5.56 Å². The topological polar surface area (TPSA) is 46.2 Å². The summed E-state index contributed by atoms with van der Waals surface area (Å²) in [6.45, 7) is 2.69. The van der Waals surface area contributed by atoms with E-state index in [4.69, 9.17) is 11.6 Å². The van der Waals surface area contributed by atoms with Crippen molar-refractivity contribution in [3.63, 3.8) is 0 Å². The number of rotatable bonds is 6. The fraction of sp³-hybridized carbons (Fsp3) is 0.364. The maximum absolute atomic E-state index is 12.6. The molecule has 0 radical (unpaired) electrons. The minimum Gasteiger partial charge on any atom is -0.356 e. The second-order valence-electron chi connectivity index (χ2n) is 7.02. The third-order valence-corrected chi connectivity index (χ3v) is 5.41. The molecule has 2 aromatic carbocycles. The number of carbonyl (C=O) groups is 2. The summed E-state index contributed by atoms with van der Waals surface area (Å²) in [5, 5.41) is 3.60. The van der Waals surface area contributed by atoms with E-state index in [0.29, 0.717) is 30.8 Å². The van der Waals surface area contributed by atoms with Crippen molar-refractivity contribution < 1.29 is 9.59 Å². The molecule has 1 N–H and O–H groups in total. The van der Waals surface area contributed by atoms with Gasteiger partial charge in [-0.15, -0.1) is 0 Å². The van der Waals surface area contributed by atoms with Gasteiger partial charge in [0, 0.05) is 30.8 Å². The highest BCUT2D eigenvalue weighted by atomic mass is 35.5. The fourth-order valence-corrected chi connectivity index (χ4v) is 3.75. The molecule has 3 nitrogen and oxygen atoms in total. The SMILES string of the molecule is CCc1ccc(C2CC(=O)NC[C@H]2CC(=O)Cc2ccc(Cl)cc2)cc1. The summed E-state index contributed by atoms with van der Waals surface area (Å²) in [6.07, 6.45) is 2.32. The molecule has 0 saturated carbocycles. The summed E-state index contributed by atoms with van der Waals surface area (Å²) < 4.78 is 0. The van der Waals surface area contributed by atoms with Crippen molar-refractivity contribution in [2.45, 2.75) is 38.5 Å². The van der Waals surface area contributed by atoms with Gasteiger partial charge < -0.3 is 5.32 Å². The van der Waals surface area contributed by atoms with Crippen LogP contribution in [0.2, 0.25) is 5.02 Å². The predicted molar refractivity (Wildman–Crippen MR) is 104 cm³/mol. The molecule has 2 aromatic rings. The highest BCUT2D eigenvalue weighted by Crippen LogP contribution is 2.33. The van der Waals surface area contributed by atoms with Gasteiger partial charge in [-0.2, -0.15) is 0 Å². The highest BCUT2D eigenvalue weighted by Gasteiger charge is 2.31. The Kier molecular flexibility index (Phi) is 6.10. The van der Waals surface area contributed by atoms with Crippen LogP contribution in [-0.4, -0.2) is 18.2 Å². The van der Waals surface area contributed by atoms with E-state index >= 15 is 0 Å². The Morgan fingerprint density at radius 1 is 1.08 bits per heavy atom. The van der Waals surface area contributed by atoms with E-state index in [0.717, 1.165) is 17.5 Å². The summed E-state index contributed by atoms with van der Waals surface area (Å²) in [4.78, 5) is 24.5. The van der Waals surface area contributed by atoms with Crippen LogP contribution in [0.4, 0.5) is 0 Å². The lowest BCUT2D eigenvalue weighted by atomic mass is 9.77. The van der Waals surface area contributed by atoms with Crippen LogP contribution in [0.3, 0.4) is 0 Å². The number of hydrogen-bond acceptors (Lipinski definition) is 2. The van der Waals surface area contributed by atoms with Gasteiger partial charge in [0.2, 0.25) is 5.91 Å². The van der Waals surface area contributed by atoms with Gasteiger partial charge in [0.25, 0.3) is 0 Å². The smallest absolute Gasteiger partial charge is 0.220 e. The molecular formula is C22H24ClNO2. The van der Waals surface area contributed by atoms with Crippen molar-refractivity contribution in [2.75, 3.05) is 6.54 Å². The molecule has 0 aromatic heterocycles. The maximum atomic E-state index is 12.6. The molecule has 1 aliphatic heterocycles. The molecule has 1 unspecified atom stereocenters. The Hall–Kier alpha value is -2.13. The molecule has 1 fully saturated rings. The minimum absolute atomic E-state index is 0.0657. The van der Waals surface area contributed by atoms with E-state index in [1.807, 2.05) is 24.3 Å². The van der Waals surface area contributed by atoms with Gasteiger partial charge in [0.1, 0.15) is 5.78 Å². The lowest BCUT2D eigenvalue weighted by Gasteiger charge is -2.31. The highest BCUT2D eigenvalue weighted by molar-refractivity contribution is 6.30. The third-order valence-electron chi connectivity index (χ3n) is 5.16. The van der Waals surface area contributed by atoms with E-state index in [2.05, 4.69) is 36.5 Å². The van der Waals surface area contributed by atoms with Crippen LogP contribution < -0.4 is 5.32 Å². The largest absolute Gasteiger partial charge is 0.356 e. The number of ketones is 1. The van der Waals surface area contributed by atoms with Crippen LogP contribution in [0.25, 0.3) is 0 Å². The number of halogens is 1. The average Bonchev–Trinajstić information content (AvgIpc) is 2.65. The van der Waals surface area contributed by atoms with Crippen LogP contribution in [0.5, 0.6) is 0 Å². The predicted octanol–water partition coefficient (Wildman–Crippen LogP) is 4.32. The second-order valence-corrected chi connectivity index (χ2v) is 7.45. The van der Waals surface area contributed by atoms with Gasteiger partial charge in [0.05, 0.1) is 0 Å². The van der Waals surface area contributed by atoms with Crippen molar-refractivity contribution >= 4 is 23.3 Å². The monoisotopic (exact) mass is 369 g/mol. The van der Waals surface area contributed by atoms with Gasteiger partial charge in [-0.3, -0.25) is 9.59 Å².